The molecule has 7 rings (SSSR count). The average molecular weight is 556 g/mol. The van der Waals surface area contributed by atoms with Crippen molar-refractivity contribution in [3.63, 3.8) is 0 Å². The Morgan fingerprint density at radius 3 is 2.78 bits per heavy atom. The molecule has 4 aliphatic rings. The molecule has 4 heterocycles. The summed E-state index contributed by atoms with van der Waals surface area (Å²) in [6.07, 6.45) is 2.53. The minimum atomic E-state index is -0.142. The van der Waals surface area contributed by atoms with Crippen LogP contribution in [-0.4, -0.2) is 79.1 Å². The first kappa shape index (κ1) is 25.8. The second-order valence-corrected chi connectivity index (χ2v) is 11.2. The van der Waals surface area contributed by atoms with Crippen LogP contribution in [0.4, 0.5) is 5.82 Å². The van der Waals surface area contributed by atoms with Crippen molar-refractivity contribution in [2.24, 2.45) is 0 Å². The highest BCUT2D eigenvalue weighted by atomic mass is 16.5. The zero-order valence-corrected chi connectivity index (χ0v) is 23.2. The first-order valence-corrected chi connectivity index (χ1v) is 14.1. The van der Waals surface area contributed by atoms with Crippen LogP contribution in [0, 0.1) is 0 Å². The van der Waals surface area contributed by atoms with Crippen molar-refractivity contribution in [3.8, 4) is 23.0 Å². The predicted octanol–water partition coefficient (Wildman–Crippen LogP) is 3.17. The molecule has 41 heavy (non-hydrogen) atoms. The van der Waals surface area contributed by atoms with Gasteiger partial charge in [0, 0.05) is 67.6 Å². The number of anilines is 1. The molecule has 212 valence electrons. The maximum Gasteiger partial charge on any atom is 0.251 e. The molecule has 1 aliphatic carbocycles. The molecule has 2 aromatic carbocycles. The van der Waals surface area contributed by atoms with Gasteiger partial charge in [0.25, 0.3) is 5.91 Å². The summed E-state index contributed by atoms with van der Waals surface area (Å²) in [6.45, 7) is 4.94. The fourth-order valence-electron chi connectivity index (χ4n) is 6.05. The third kappa shape index (κ3) is 4.98. The fraction of sp³-hybridized carbons (Fsp3) is 0.387. The normalized spacial score (nSPS) is 23.0. The van der Waals surface area contributed by atoms with E-state index in [4.69, 9.17) is 14.2 Å². The van der Waals surface area contributed by atoms with E-state index in [1.54, 1.807) is 13.3 Å². The molecule has 3 aliphatic heterocycles. The maximum absolute atomic E-state index is 13.2. The molecule has 1 saturated heterocycles. The largest absolute Gasteiger partial charge is 0.496 e. The summed E-state index contributed by atoms with van der Waals surface area (Å²) in [6, 6.07) is 13.2. The molecule has 0 radical (unpaired) electrons. The van der Waals surface area contributed by atoms with Crippen LogP contribution in [-0.2, 0) is 17.8 Å². The van der Waals surface area contributed by atoms with Crippen molar-refractivity contribution < 1.29 is 23.8 Å². The van der Waals surface area contributed by atoms with E-state index < -0.39 is 0 Å². The van der Waals surface area contributed by atoms with Crippen LogP contribution in [0.25, 0.3) is 0 Å². The van der Waals surface area contributed by atoms with Gasteiger partial charge in [0.1, 0.15) is 34.9 Å². The van der Waals surface area contributed by atoms with Gasteiger partial charge in [-0.1, -0.05) is 6.07 Å². The molecule has 3 atom stereocenters. The monoisotopic (exact) mass is 555 g/mol. The number of methoxy groups -OCH3 is 1. The number of rotatable bonds is 7. The molecule has 2 N–H and O–H groups in total. The Labute approximate surface area is 238 Å². The third-order valence-electron chi connectivity index (χ3n) is 8.49. The third-order valence-corrected chi connectivity index (χ3v) is 8.49. The number of carbonyl (C=O) groups excluding carboxylic acids is 2. The number of carbonyl (C=O) groups is 2. The van der Waals surface area contributed by atoms with E-state index in [-0.39, 0.29) is 29.9 Å². The van der Waals surface area contributed by atoms with Crippen molar-refractivity contribution in [3.05, 3.63) is 70.9 Å². The maximum atomic E-state index is 13.2. The zero-order chi connectivity index (χ0) is 28.1. The summed E-state index contributed by atoms with van der Waals surface area (Å²) in [5.41, 5.74) is 3.57. The van der Waals surface area contributed by atoms with Gasteiger partial charge in [-0.15, -0.1) is 0 Å². The minimum Gasteiger partial charge on any atom is -0.496 e. The van der Waals surface area contributed by atoms with Crippen LogP contribution >= 0.6 is 0 Å². The van der Waals surface area contributed by atoms with E-state index in [0.717, 1.165) is 60.9 Å². The summed E-state index contributed by atoms with van der Waals surface area (Å²) in [4.78, 5) is 34.0. The first-order chi connectivity index (χ1) is 20.0. The molecule has 0 bridgehead atoms. The Balaban J connectivity index is 1.01. The SMILES string of the molecule is COc1cc(C(=O)NC2C3Oc4ccc(Oc5ccnc6c5CCC(=O)N6)cc4C23)ccc1CN1CCN(C)CC1. The molecule has 0 spiro atoms. The van der Waals surface area contributed by atoms with Gasteiger partial charge in [-0.3, -0.25) is 14.5 Å². The highest BCUT2D eigenvalue weighted by Crippen LogP contribution is 2.54. The summed E-state index contributed by atoms with van der Waals surface area (Å²) >= 11 is 0. The van der Waals surface area contributed by atoms with Crippen molar-refractivity contribution >= 4 is 17.6 Å². The number of amides is 2. The van der Waals surface area contributed by atoms with Crippen molar-refractivity contribution in [2.45, 2.75) is 37.5 Å². The van der Waals surface area contributed by atoms with Gasteiger partial charge in [0.15, 0.2) is 0 Å². The first-order valence-electron chi connectivity index (χ1n) is 14.1. The van der Waals surface area contributed by atoms with Crippen LogP contribution in [0.15, 0.2) is 48.7 Å². The van der Waals surface area contributed by atoms with Gasteiger partial charge in [0.05, 0.1) is 19.1 Å². The molecule has 3 unspecified atom stereocenters. The van der Waals surface area contributed by atoms with E-state index in [9.17, 15) is 9.59 Å². The fourth-order valence-corrected chi connectivity index (χ4v) is 6.05. The number of aromatic nitrogens is 1. The Hall–Kier alpha value is -4.15. The molecule has 3 aromatic rings. The van der Waals surface area contributed by atoms with Crippen LogP contribution < -0.4 is 24.8 Å². The number of pyridine rings is 1. The lowest BCUT2D eigenvalue weighted by molar-refractivity contribution is -0.116. The van der Waals surface area contributed by atoms with Crippen molar-refractivity contribution in [2.75, 3.05) is 45.7 Å². The number of likely N-dealkylation sites (N-methyl/N-ethyl adjacent to an activating group) is 1. The van der Waals surface area contributed by atoms with E-state index in [0.29, 0.717) is 35.7 Å². The van der Waals surface area contributed by atoms with E-state index in [1.165, 1.54) is 0 Å². The Bertz CT molecular complexity index is 1520. The molecule has 1 aromatic heterocycles. The smallest absolute Gasteiger partial charge is 0.251 e. The van der Waals surface area contributed by atoms with Crippen LogP contribution in [0.1, 0.15) is 39.4 Å². The second kappa shape index (κ2) is 10.4. The molecular formula is C31H33N5O5. The highest BCUT2D eigenvalue weighted by Gasteiger charge is 2.59. The van der Waals surface area contributed by atoms with Gasteiger partial charge < -0.3 is 29.7 Å². The van der Waals surface area contributed by atoms with Gasteiger partial charge in [-0.05, 0) is 49.9 Å². The minimum absolute atomic E-state index is 0.0373. The summed E-state index contributed by atoms with van der Waals surface area (Å²) in [5, 5.41) is 5.97. The number of ether oxygens (including phenoxy) is 3. The Kier molecular flexibility index (Phi) is 6.51. The molecule has 10 nitrogen and oxygen atoms in total. The number of piperazine rings is 1. The van der Waals surface area contributed by atoms with Gasteiger partial charge in [0.2, 0.25) is 5.91 Å². The van der Waals surface area contributed by atoms with Gasteiger partial charge in [-0.25, -0.2) is 4.98 Å². The van der Waals surface area contributed by atoms with Crippen molar-refractivity contribution in [1.29, 1.82) is 0 Å². The van der Waals surface area contributed by atoms with Gasteiger partial charge in [-0.2, -0.15) is 0 Å². The zero-order valence-electron chi connectivity index (χ0n) is 23.2. The molecule has 10 heteroatoms. The Morgan fingerprint density at radius 1 is 1.10 bits per heavy atom. The van der Waals surface area contributed by atoms with Crippen molar-refractivity contribution in [1.82, 2.24) is 20.1 Å². The summed E-state index contributed by atoms with van der Waals surface area (Å²) in [7, 11) is 3.80. The van der Waals surface area contributed by atoms with E-state index in [2.05, 4.69) is 32.5 Å². The van der Waals surface area contributed by atoms with Crippen LogP contribution in [0.2, 0.25) is 0 Å². The highest BCUT2D eigenvalue weighted by molar-refractivity contribution is 5.95. The quantitative estimate of drug-likeness (QED) is 0.458. The topological polar surface area (TPSA) is 105 Å². The standard InChI is InChI=1S/C31H33N5O5/c1-35-11-13-36(14-12-35)17-19-4-3-18(15-25(19)39-2)31(38)34-28-27-22-16-20(5-7-23(22)41-29(27)28)40-24-9-10-32-30-21(24)6-8-26(37)33-30/h3-5,7,9-10,15-16,27-29H,6,8,11-14,17H2,1-2H3,(H,34,38)(H,32,33,37). The number of nitrogens with zero attached hydrogens (tertiary/aromatic N) is 3. The van der Waals surface area contributed by atoms with E-state index >= 15 is 0 Å². The lowest BCUT2D eigenvalue weighted by atomic mass is 10.1. The molecule has 2 amide bonds. The lowest BCUT2D eigenvalue weighted by Gasteiger charge is -2.32. The molecule has 1 saturated carbocycles. The van der Waals surface area contributed by atoms with Crippen LogP contribution in [0.5, 0.6) is 23.0 Å². The summed E-state index contributed by atoms with van der Waals surface area (Å²) < 4.78 is 18.0. The number of fused-ring (bicyclic) bond motifs is 4. The number of hydrogen-bond donors (Lipinski definition) is 2. The van der Waals surface area contributed by atoms with Gasteiger partial charge >= 0.3 is 0 Å². The van der Waals surface area contributed by atoms with Crippen LogP contribution in [0.3, 0.4) is 0 Å². The lowest BCUT2D eigenvalue weighted by Crippen LogP contribution is -2.43. The average Bonchev–Trinajstić information content (AvgIpc) is 3.50. The predicted molar refractivity (Wildman–Crippen MR) is 152 cm³/mol. The number of benzene rings is 2. The summed E-state index contributed by atoms with van der Waals surface area (Å²) in [5.74, 6) is 3.35. The second-order valence-electron chi connectivity index (χ2n) is 11.2. The number of hydrogen-bond acceptors (Lipinski definition) is 8. The van der Waals surface area contributed by atoms with E-state index in [1.807, 2.05) is 42.5 Å². The Morgan fingerprint density at radius 2 is 1.95 bits per heavy atom. The molecule has 2 fully saturated rings. The number of nitrogens with one attached hydrogen (secondary N) is 2. The molecular weight excluding hydrogens is 522 g/mol.